The van der Waals surface area contributed by atoms with Crippen LogP contribution in [0.4, 0.5) is 0 Å². The molecule has 0 aromatic heterocycles. The zero-order chi connectivity index (χ0) is 26.6. The smallest absolute Gasteiger partial charge is 0.243 e. The third kappa shape index (κ3) is 8.76. The molecule has 2 amide bonds. The van der Waals surface area contributed by atoms with Crippen LogP contribution in [-0.4, -0.2) is 34.6 Å². The van der Waals surface area contributed by atoms with Gasteiger partial charge in [-0.25, -0.2) is 0 Å². The van der Waals surface area contributed by atoms with Gasteiger partial charge in [0.25, 0.3) is 0 Å². The number of benzene rings is 3. The second-order valence-corrected chi connectivity index (χ2v) is 11.4. The van der Waals surface area contributed by atoms with Crippen LogP contribution in [0.1, 0.15) is 60.8 Å². The SMILES string of the molecule is Cc1ccc(CN(C(=O)CCSCc2ccccc2)C(Cc2ccccc2)C(=O)NC2CCCCC2)cc1. The Morgan fingerprint density at radius 2 is 1.47 bits per heavy atom. The zero-order valence-corrected chi connectivity index (χ0v) is 23.3. The number of rotatable bonds is 12. The highest BCUT2D eigenvalue weighted by molar-refractivity contribution is 7.98. The number of hydrogen-bond donors (Lipinski definition) is 1. The summed E-state index contributed by atoms with van der Waals surface area (Å²) in [5.74, 6) is 1.60. The largest absolute Gasteiger partial charge is 0.352 e. The topological polar surface area (TPSA) is 49.4 Å². The van der Waals surface area contributed by atoms with Crippen LogP contribution in [0, 0.1) is 6.92 Å². The molecule has 0 radical (unpaired) electrons. The van der Waals surface area contributed by atoms with E-state index in [0.29, 0.717) is 19.4 Å². The molecule has 200 valence electrons. The van der Waals surface area contributed by atoms with Gasteiger partial charge in [0.2, 0.25) is 11.8 Å². The van der Waals surface area contributed by atoms with E-state index in [1.165, 1.54) is 17.5 Å². The number of nitrogens with zero attached hydrogens (tertiary/aromatic N) is 1. The first kappa shape index (κ1) is 28.0. The highest BCUT2D eigenvalue weighted by atomic mass is 32.2. The number of aryl methyl sites for hydroxylation is 1. The van der Waals surface area contributed by atoms with Crippen LogP contribution in [-0.2, 0) is 28.3 Å². The quantitative estimate of drug-likeness (QED) is 0.266. The van der Waals surface area contributed by atoms with Crippen molar-refractivity contribution in [2.45, 2.75) is 76.3 Å². The molecule has 4 nitrogen and oxygen atoms in total. The number of carbonyl (C=O) groups excluding carboxylic acids is 2. The van der Waals surface area contributed by atoms with Crippen LogP contribution >= 0.6 is 11.8 Å². The van der Waals surface area contributed by atoms with E-state index in [0.717, 1.165) is 48.3 Å². The summed E-state index contributed by atoms with van der Waals surface area (Å²) in [5.41, 5.74) is 4.55. The van der Waals surface area contributed by atoms with E-state index >= 15 is 0 Å². The third-order valence-electron chi connectivity index (χ3n) is 7.27. The van der Waals surface area contributed by atoms with E-state index in [4.69, 9.17) is 0 Å². The molecule has 5 heteroatoms. The molecule has 1 aliphatic carbocycles. The van der Waals surface area contributed by atoms with Gasteiger partial charge in [-0.15, -0.1) is 0 Å². The van der Waals surface area contributed by atoms with Gasteiger partial charge in [0, 0.05) is 36.9 Å². The van der Waals surface area contributed by atoms with E-state index in [-0.39, 0.29) is 17.9 Å². The molecular formula is C33H40N2O2S. The summed E-state index contributed by atoms with van der Waals surface area (Å²) in [4.78, 5) is 29.4. The van der Waals surface area contributed by atoms with Gasteiger partial charge in [-0.1, -0.05) is 110 Å². The summed E-state index contributed by atoms with van der Waals surface area (Å²) in [6.45, 7) is 2.49. The molecule has 1 unspecified atom stereocenters. The lowest BCUT2D eigenvalue weighted by atomic mass is 9.94. The second-order valence-electron chi connectivity index (χ2n) is 10.3. The van der Waals surface area contributed by atoms with Crippen LogP contribution in [0.3, 0.4) is 0 Å². The van der Waals surface area contributed by atoms with Crippen molar-refractivity contribution in [3.05, 3.63) is 107 Å². The van der Waals surface area contributed by atoms with Crippen LogP contribution in [0.15, 0.2) is 84.9 Å². The molecule has 0 spiro atoms. The maximum Gasteiger partial charge on any atom is 0.243 e. The number of carbonyl (C=O) groups is 2. The van der Waals surface area contributed by atoms with Gasteiger partial charge in [0.05, 0.1) is 0 Å². The summed E-state index contributed by atoms with van der Waals surface area (Å²) in [6, 6.07) is 28.3. The summed E-state index contributed by atoms with van der Waals surface area (Å²) < 4.78 is 0. The number of amides is 2. The Bertz CT molecular complexity index is 1130. The minimum atomic E-state index is -0.549. The average Bonchev–Trinajstić information content (AvgIpc) is 2.95. The highest BCUT2D eigenvalue weighted by Crippen LogP contribution is 2.21. The summed E-state index contributed by atoms with van der Waals surface area (Å²) in [7, 11) is 0. The molecule has 0 saturated heterocycles. The molecule has 38 heavy (non-hydrogen) atoms. The van der Waals surface area contributed by atoms with Crippen molar-refractivity contribution in [1.82, 2.24) is 10.2 Å². The van der Waals surface area contributed by atoms with Crippen molar-refractivity contribution in [3.8, 4) is 0 Å². The molecule has 3 aromatic rings. The maximum atomic E-state index is 13.8. The Hall–Kier alpha value is -3.05. The molecule has 1 aliphatic rings. The monoisotopic (exact) mass is 528 g/mol. The maximum absolute atomic E-state index is 13.8. The van der Waals surface area contributed by atoms with E-state index in [1.54, 1.807) is 11.8 Å². The predicted octanol–water partition coefficient (Wildman–Crippen LogP) is 6.71. The van der Waals surface area contributed by atoms with E-state index in [1.807, 2.05) is 53.4 Å². The molecule has 0 heterocycles. The van der Waals surface area contributed by atoms with Crippen molar-refractivity contribution in [1.29, 1.82) is 0 Å². The molecule has 3 aromatic carbocycles. The van der Waals surface area contributed by atoms with Crippen LogP contribution in [0.5, 0.6) is 0 Å². The number of nitrogens with one attached hydrogen (secondary N) is 1. The van der Waals surface area contributed by atoms with E-state index < -0.39 is 6.04 Å². The van der Waals surface area contributed by atoms with Crippen molar-refractivity contribution >= 4 is 23.6 Å². The van der Waals surface area contributed by atoms with Crippen molar-refractivity contribution in [2.24, 2.45) is 0 Å². The molecule has 1 saturated carbocycles. The van der Waals surface area contributed by atoms with Gasteiger partial charge >= 0.3 is 0 Å². The van der Waals surface area contributed by atoms with Gasteiger partial charge in [-0.2, -0.15) is 11.8 Å². The number of thioether (sulfide) groups is 1. The highest BCUT2D eigenvalue weighted by Gasteiger charge is 2.31. The summed E-state index contributed by atoms with van der Waals surface area (Å²) in [6.07, 6.45) is 6.49. The Labute approximate surface area is 232 Å². The van der Waals surface area contributed by atoms with Crippen molar-refractivity contribution < 1.29 is 9.59 Å². The fraction of sp³-hybridized carbons (Fsp3) is 0.394. The minimum Gasteiger partial charge on any atom is -0.352 e. The molecule has 0 bridgehead atoms. The molecule has 4 rings (SSSR count). The second kappa shape index (κ2) is 14.8. The van der Waals surface area contributed by atoms with Gasteiger partial charge < -0.3 is 10.2 Å². The summed E-state index contributed by atoms with van der Waals surface area (Å²) in [5, 5.41) is 3.32. The normalized spacial score (nSPS) is 14.6. The number of hydrogen-bond acceptors (Lipinski definition) is 3. The van der Waals surface area contributed by atoms with Gasteiger partial charge in [-0.05, 0) is 36.5 Å². The molecule has 1 atom stereocenters. The first-order chi connectivity index (χ1) is 18.6. The van der Waals surface area contributed by atoms with Crippen molar-refractivity contribution in [2.75, 3.05) is 5.75 Å². The third-order valence-corrected chi connectivity index (χ3v) is 8.30. The molecule has 1 N–H and O–H groups in total. The van der Waals surface area contributed by atoms with Crippen LogP contribution in [0.25, 0.3) is 0 Å². The lowest BCUT2D eigenvalue weighted by molar-refractivity contribution is -0.141. The molecule has 1 fully saturated rings. The standard InChI is InChI=1S/C33H40N2O2S/c1-26-17-19-28(20-18-26)24-35(32(36)21-22-38-25-29-13-7-3-8-14-29)31(23-27-11-5-2-6-12-27)33(37)34-30-15-9-4-10-16-30/h2-3,5-8,11-14,17-20,30-31H,4,9-10,15-16,21-25H2,1H3,(H,34,37). The Morgan fingerprint density at radius 1 is 0.842 bits per heavy atom. The predicted molar refractivity (Wildman–Crippen MR) is 158 cm³/mol. The zero-order valence-electron chi connectivity index (χ0n) is 22.5. The lowest BCUT2D eigenvalue weighted by Crippen LogP contribution is -2.52. The molecule has 0 aliphatic heterocycles. The Balaban J connectivity index is 1.52. The Kier molecular flexibility index (Phi) is 10.9. The fourth-order valence-electron chi connectivity index (χ4n) is 5.06. The summed E-state index contributed by atoms with van der Waals surface area (Å²) >= 11 is 1.76. The minimum absolute atomic E-state index is 0.0295. The lowest BCUT2D eigenvalue weighted by Gasteiger charge is -2.33. The van der Waals surface area contributed by atoms with E-state index in [2.05, 4.69) is 48.6 Å². The first-order valence-corrected chi connectivity index (χ1v) is 15.0. The van der Waals surface area contributed by atoms with Crippen molar-refractivity contribution in [3.63, 3.8) is 0 Å². The first-order valence-electron chi connectivity index (χ1n) is 13.9. The van der Waals surface area contributed by atoms with Crippen LogP contribution in [0.2, 0.25) is 0 Å². The van der Waals surface area contributed by atoms with Crippen LogP contribution < -0.4 is 5.32 Å². The van der Waals surface area contributed by atoms with Gasteiger partial charge in [0.15, 0.2) is 0 Å². The fourth-order valence-corrected chi connectivity index (χ4v) is 5.95. The van der Waals surface area contributed by atoms with Gasteiger partial charge in [-0.3, -0.25) is 9.59 Å². The van der Waals surface area contributed by atoms with Gasteiger partial charge in [0.1, 0.15) is 6.04 Å². The molecular weight excluding hydrogens is 488 g/mol. The van der Waals surface area contributed by atoms with E-state index in [9.17, 15) is 9.59 Å². The Morgan fingerprint density at radius 3 is 2.13 bits per heavy atom. The average molecular weight is 529 g/mol.